The molecule has 0 aliphatic carbocycles. The van der Waals surface area contributed by atoms with Gasteiger partial charge in [-0.25, -0.2) is 4.98 Å². The van der Waals surface area contributed by atoms with Gasteiger partial charge in [-0.2, -0.15) is 0 Å². The molecule has 0 bridgehead atoms. The number of benzene rings is 1. The van der Waals surface area contributed by atoms with Gasteiger partial charge in [0.1, 0.15) is 9.71 Å². The molecule has 1 unspecified atom stereocenters. The van der Waals surface area contributed by atoms with E-state index >= 15 is 0 Å². The zero-order chi connectivity index (χ0) is 18.8. The predicted molar refractivity (Wildman–Crippen MR) is 111 cm³/mol. The number of anilines is 1. The van der Waals surface area contributed by atoms with Crippen LogP contribution in [0.3, 0.4) is 0 Å². The Hall–Kier alpha value is -2.44. The highest BCUT2D eigenvalue weighted by Gasteiger charge is 2.17. The number of hydrogen-bond donors (Lipinski definition) is 3. The molecule has 3 aromatic rings. The maximum Gasteiger partial charge on any atom is 0.263 e. The Morgan fingerprint density at radius 1 is 1.30 bits per heavy atom. The summed E-state index contributed by atoms with van der Waals surface area (Å²) in [5, 5.41) is 7.25. The van der Waals surface area contributed by atoms with Crippen LogP contribution in [0.5, 0.6) is 0 Å². The van der Waals surface area contributed by atoms with E-state index in [-0.39, 0.29) is 5.91 Å². The Balaban J connectivity index is 1.36. The lowest BCUT2D eigenvalue weighted by Crippen LogP contribution is -2.25. The molecule has 1 atom stereocenters. The number of carbonyl (C=O) groups is 1. The molecule has 6 heteroatoms. The Morgan fingerprint density at radius 2 is 2.11 bits per heavy atom. The molecule has 4 rings (SSSR count). The zero-order valence-corrected chi connectivity index (χ0v) is 16.2. The van der Waals surface area contributed by atoms with E-state index in [9.17, 15) is 4.79 Å². The van der Waals surface area contributed by atoms with Crippen LogP contribution in [0.4, 0.5) is 5.69 Å². The topological polar surface area (TPSA) is 80.0 Å². The number of aryl methyl sites for hydroxylation is 1. The van der Waals surface area contributed by atoms with E-state index in [1.165, 1.54) is 28.9 Å². The number of pyridine rings is 1. The molecule has 1 aliphatic rings. The molecule has 1 aromatic carbocycles. The minimum absolute atomic E-state index is 0.123. The molecule has 1 amide bonds. The van der Waals surface area contributed by atoms with Crippen molar-refractivity contribution >= 4 is 33.1 Å². The number of amides is 1. The van der Waals surface area contributed by atoms with Gasteiger partial charge in [-0.3, -0.25) is 4.79 Å². The SMILES string of the molecule is Cc1ccc2c(N)c(C(=O)NCCc3ccc(C4CCNC4)cc3)sc2n1. The van der Waals surface area contributed by atoms with Crippen molar-refractivity contribution in [1.82, 2.24) is 15.6 Å². The summed E-state index contributed by atoms with van der Waals surface area (Å²) in [5.41, 5.74) is 10.2. The van der Waals surface area contributed by atoms with Gasteiger partial charge in [-0.15, -0.1) is 11.3 Å². The van der Waals surface area contributed by atoms with Gasteiger partial charge in [0.15, 0.2) is 0 Å². The van der Waals surface area contributed by atoms with Crippen LogP contribution in [-0.2, 0) is 6.42 Å². The molecule has 27 heavy (non-hydrogen) atoms. The number of nitrogens with two attached hydrogens (primary N) is 1. The van der Waals surface area contributed by atoms with Crippen molar-refractivity contribution in [2.45, 2.75) is 25.7 Å². The summed E-state index contributed by atoms with van der Waals surface area (Å²) >= 11 is 1.35. The molecule has 1 saturated heterocycles. The molecule has 1 fully saturated rings. The van der Waals surface area contributed by atoms with Gasteiger partial charge in [0.05, 0.1) is 5.69 Å². The van der Waals surface area contributed by atoms with Crippen LogP contribution >= 0.6 is 11.3 Å². The first-order valence-electron chi connectivity index (χ1n) is 9.35. The van der Waals surface area contributed by atoms with Crippen LogP contribution in [0.25, 0.3) is 10.2 Å². The van der Waals surface area contributed by atoms with Crippen molar-refractivity contribution in [1.29, 1.82) is 0 Å². The second-order valence-electron chi connectivity index (χ2n) is 7.09. The first kappa shape index (κ1) is 17.9. The Morgan fingerprint density at radius 3 is 2.85 bits per heavy atom. The van der Waals surface area contributed by atoms with Gasteiger partial charge in [0.25, 0.3) is 5.91 Å². The largest absolute Gasteiger partial charge is 0.397 e. The van der Waals surface area contributed by atoms with Gasteiger partial charge < -0.3 is 16.4 Å². The summed E-state index contributed by atoms with van der Waals surface area (Å²) in [5.74, 6) is 0.508. The highest BCUT2D eigenvalue weighted by atomic mass is 32.1. The van der Waals surface area contributed by atoms with Crippen molar-refractivity contribution in [3.05, 3.63) is 58.1 Å². The van der Waals surface area contributed by atoms with Gasteiger partial charge in [-0.1, -0.05) is 24.3 Å². The van der Waals surface area contributed by atoms with Gasteiger partial charge in [0, 0.05) is 24.2 Å². The number of fused-ring (bicyclic) bond motifs is 1. The summed E-state index contributed by atoms with van der Waals surface area (Å²) in [4.78, 5) is 18.3. The molecule has 4 N–H and O–H groups in total. The Kier molecular flexibility index (Phi) is 5.09. The smallest absolute Gasteiger partial charge is 0.263 e. The number of aromatic nitrogens is 1. The number of nitrogens with one attached hydrogen (secondary N) is 2. The third-order valence-electron chi connectivity index (χ3n) is 5.15. The third-order valence-corrected chi connectivity index (χ3v) is 6.26. The second-order valence-corrected chi connectivity index (χ2v) is 8.09. The van der Waals surface area contributed by atoms with Crippen molar-refractivity contribution in [2.24, 2.45) is 0 Å². The zero-order valence-electron chi connectivity index (χ0n) is 15.4. The average Bonchev–Trinajstić information content (AvgIpc) is 3.31. The van der Waals surface area contributed by atoms with Crippen LogP contribution in [0.2, 0.25) is 0 Å². The lowest BCUT2D eigenvalue weighted by atomic mass is 9.97. The molecule has 0 radical (unpaired) electrons. The van der Waals surface area contributed by atoms with Crippen molar-refractivity contribution in [3.8, 4) is 0 Å². The van der Waals surface area contributed by atoms with Gasteiger partial charge in [-0.05, 0) is 55.5 Å². The quantitative estimate of drug-likeness (QED) is 0.635. The lowest BCUT2D eigenvalue weighted by molar-refractivity contribution is 0.0959. The highest BCUT2D eigenvalue weighted by molar-refractivity contribution is 7.21. The van der Waals surface area contributed by atoms with Gasteiger partial charge in [0.2, 0.25) is 0 Å². The highest BCUT2D eigenvalue weighted by Crippen LogP contribution is 2.32. The minimum Gasteiger partial charge on any atom is -0.397 e. The summed E-state index contributed by atoms with van der Waals surface area (Å²) in [6.45, 7) is 4.70. The van der Waals surface area contributed by atoms with Gasteiger partial charge >= 0.3 is 0 Å². The number of nitrogens with zero attached hydrogens (tertiary/aromatic N) is 1. The van der Waals surface area contributed by atoms with Crippen LogP contribution in [0.15, 0.2) is 36.4 Å². The second kappa shape index (κ2) is 7.66. The maximum atomic E-state index is 12.5. The van der Waals surface area contributed by atoms with E-state index in [0.29, 0.717) is 23.0 Å². The Bertz CT molecular complexity index is 958. The summed E-state index contributed by atoms with van der Waals surface area (Å²) in [6, 6.07) is 12.6. The molecule has 1 aliphatic heterocycles. The molecule has 5 nitrogen and oxygen atoms in total. The Labute approximate surface area is 163 Å². The molecular formula is C21H24N4OS. The molecule has 0 spiro atoms. The fourth-order valence-corrected chi connectivity index (χ4v) is 4.61. The fourth-order valence-electron chi connectivity index (χ4n) is 3.55. The van der Waals surface area contributed by atoms with Crippen molar-refractivity contribution < 1.29 is 4.79 Å². The first-order valence-corrected chi connectivity index (χ1v) is 10.2. The minimum atomic E-state index is -0.123. The monoisotopic (exact) mass is 380 g/mol. The molecule has 0 saturated carbocycles. The van der Waals surface area contributed by atoms with E-state index in [4.69, 9.17) is 5.73 Å². The van der Waals surface area contributed by atoms with E-state index < -0.39 is 0 Å². The van der Waals surface area contributed by atoms with Crippen LogP contribution < -0.4 is 16.4 Å². The summed E-state index contributed by atoms with van der Waals surface area (Å²) < 4.78 is 0. The van der Waals surface area contributed by atoms with E-state index in [0.717, 1.165) is 35.4 Å². The maximum absolute atomic E-state index is 12.5. The van der Waals surface area contributed by atoms with E-state index in [1.54, 1.807) is 0 Å². The standard InChI is InChI=1S/C21H24N4OS/c1-13-2-7-17-18(22)19(27-21(17)25-13)20(26)24-11-8-14-3-5-15(6-4-14)16-9-10-23-12-16/h2-7,16,23H,8-12,22H2,1H3,(H,24,26). The van der Waals surface area contributed by atoms with Crippen LogP contribution in [0.1, 0.15) is 38.8 Å². The number of hydrogen-bond acceptors (Lipinski definition) is 5. The van der Waals surface area contributed by atoms with Crippen molar-refractivity contribution in [3.63, 3.8) is 0 Å². The molecule has 2 aromatic heterocycles. The normalized spacial score (nSPS) is 16.7. The molecule has 140 valence electrons. The van der Waals surface area contributed by atoms with E-state index in [2.05, 4.69) is 39.9 Å². The number of nitrogen functional groups attached to an aromatic ring is 1. The summed E-state index contributed by atoms with van der Waals surface area (Å²) in [6.07, 6.45) is 2.01. The van der Waals surface area contributed by atoms with Crippen molar-refractivity contribution in [2.75, 3.05) is 25.4 Å². The average molecular weight is 381 g/mol. The van der Waals surface area contributed by atoms with Crippen LogP contribution in [0, 0.1) is 6.92 Å². The fraction of sp³-hybridized carbons (Fsp3) is 0.333. The summed E-state index contributed by atoms with van der Waals surface area (Å²) in [7, 11) is 0. The molecule has 3 heterocycles. The van der Waals surface area contributed by atoms with E-state index in [1.807, 2.05) is 19.1 Å². The first-order chi connectivity index (χ1) is 13.1. The third kappa shape index (κ3) is 3.82. The number of thiophene rings is 1. The number of carbonyl (C=O) groups excluding carboxylic acids is 1. The number of rotatable bonds is 5. The van der Waals surface area contributed by atoms with Crippen LogP contribution in [-0.4, -0.2) is 30.5 Å². The predicted octanol–water partition coefficient (Wildman–Crippen LogP) is 3.24. The lowest BCUT2D eigenvalue weighted by Gasteiger charge is -2.10. The molecular weight excluding hydrogens is 356 g/mol.